The highest BCUT2D eigenvalue weighted by molar-refractivity contribution is 4.66. The van der Waals surface area contributed by atoms with Crippen molar-refractivity contribution in [3.05, 3.63) is 0 Å². The molecule has 3 unspecified atom stereocenters. The molecule has 0 rings (SSSR count). The summed E-state index contributed by atoms with van der Waals surface area (Å²) in [5, 5.41) is 27.5. The molecule has 110 valence electrons. The molecule has 0 fully saturated rings. The first-order chi connectivity index (χ1) is 8.61. The molecule has 0 radical (unpaired) electrons. The lowest BCUT2D eigenvalue weighted by atomic mass is 10.0. The van der Waals surface area contributed by atoms with E-state index in [-0.39, 0.29) is 19.3 Å². The van der Waals surface area contributed by atoms with Gasteiger partial charge < -0.3 is 20.1 Å². The zero-order valence-corrected chi connectivity index (χ0v) is 11.8. The molecule has 3 atom stereocenters. The Morgan fingerprint density at radius 1 is 1.00 bits per heavy atom. The molecule has 0 amide bonds. The second-order valence-corrected chi connectivity index (χ2v) is 5.01. The van der Waals surface area contributed by atoms with Gasteiger partial charge in [-0.1, -0.05) is 45.4 Å². The molecule has 0 aromatic heterocycles. The van der Waals surface area contributed by atoms with E-state index in [0.717, 1.165) is 19.3 Å². The minimum Gasteiger partial charge on any atom is -0.394 e. The fourth-order valence-electron chi connectivity index (χ4n) is 1.88. The number of hydrogen-bond acceptors (Lipinski definition) is 4. The summed E-state index contributed by atoms with van der Waals surface area (Å²) in [5.74, 6) is 0. The number of aliphatic hydroxyl groups is 3. The quantitative estimate of drug-likeness (QED) is 0.470. The molecule has 0 bridgehead atoms. The van der Waals surface area contributed by atoms with Gasteiger partial charge in [-0.25, -0.2) is 0 Å². The molecule has 0 spiro atoms. The fraction of sp³-hybridized carbons (Fsp3) is 1.00. The van der Waals surface area contributed by atoms with E-state index >= 15 is 0 Å². The molecule has 0 heterocycles. The Kier molecular flexibility index (Phi) is 11.8. The molecule has 0 aliphatic heterocycles. The molecular weight excluding hydrogens is 232 g/mol. The van der Waals surface area contributed by atoms with Crippen molar-refractivity contribution in [2.24, 2.45) is 0 Å². The second-order valence-electron chi connectivity index (χ2n) is 5.01. The Bertz CT molecular complexity index is 173. The summed E-state index contributed by atoms with van der Waals surface area (Å²) in [4.78, 5) is 0. The maximum atomic E-state index is 9.57. The monoisotopic (exact) mass is 262 g/mol. The highest BCUT2D eigenvalue weighted by Gasteiger charge is 2.16. The summed E-state index contributed by atoms with van der Waals surface area (Å²) in [5.41, 5.74) is 0. The molecule has 0 saturated carbocycles. The van der Waals surface area contributed by atoms with Gasteiger partial charge in [0.25, 0.3) is 0 Å². The third-order valence-corrected chi connectivity index (χ3v) is 3.09. The van der Waals surface area contributed by atoms with E-state index in [1.165, 1.54) is 25.7 Å². The molecule has 0 aliphatic rings. The van der Waals surface area contributed by atoms with Crippen LogP contribution in [0.1, 0.15) is 58.8 Å². The summed E-state index contributed by atoms with van der Waals surface area (Å²) in [6, 6.07) is 0. The van der Waals surface area contributed by atoms with Crippen LogP contribution in [0.5, 0.6) is 0 Å². The molecule has 0 saturated heterocycles. The van der Waals surface area contributed by atoms with E-state index in [1.807, 2.05) is 0 Å². The SMILES string of the molecule is CCCCCCCCC(OCC(O)CO)C(C)O. The first-order valence-electron chi connectivity index (χ1n) is 7.20. The maximum absolute atomic E-state index is 9.57. The van der Waals surface area contributed by atoms with Crippen molar-refractivity contribution in [2.45, 2.75) is 77.1 Å². The largest absolute Gasteiger partial charge is 0.394 e. The first-order valence-corrected chi connectivity index (χ1v) is 7.20. The van der Waals surface area contributed by atoms with E-state index in [1.54, 1.807) is 6.92 Å². The smallest absolute Gasteiger partial charge is 0.100 e. The molecule has 0 aromatic carbocycles. The van der Waals surface area contributed by atoms with Crippen LogP contribution in [0.2, 0.25) is 0 Å². The van der Waals surface area contributed by atoms with Crippen molar-refractivity contribution in [3.8, 4) is 0 Å². The van der Waals surface area contributed by atoms with Crippen molar-refractivity contribution in [1.29, 1.82) is 0 Å². The number of ether oxygens (including phenoxy) is 1. The van der Waals surface area contributed by atoms with Gasteiger partial charge in [-0.3, -0.25) is 0 Å². The Balaban J connectivity index is 3.64. The van der Waals surface area contributed by atoms with Gasteiger partial charge in [0.15, 0.2) is 0 Å². The maximum Gasteiger partial charge on any atom is 0.100 e. The average Bonchev–Trinajstić information content (AvgIpc) is 2.36. The van der Waals surface area contributed by atoms with Crippen LogP contribution in [0.4, 0.5) is 0 Å². The summed E-state index contributed by atoms with van der Waals surface area (Å²) < 4.78 is 5.42. The van der Waals surface area contributed by atoms with Crippen LogP contribution in [-0.2, 0) is 4.74 Å². The molecular formula is C14H30O4. The van der Waals surface area contributed by atoms with Gasteiger partial charge in [0.1, 0.15) is 6.10 Å². The molecule has 18 heavy (non-hydrogen) atoms. The van der Waals surface area contributed by atoms with Gasteiger partial charge in [0, 0.05) is 0 Å². The van der Waals surface area contributed by atoms with Crippen LogP contribution in [0, 0.1) is 0 Å². The zero-order chi connectivity index (χ0) is 13.8. The first kappa shape index (κ1) is 17.8. The summed E-state index contributed by atoms with van der Waals surface area (Å²) in [6.07, 6.45) is 6.43. The van der Waals surface area contributed by atoms with Gasteiger partial charge in [-0.05, 0) is 13.3 Å². The van der Waals surface area contributed by atoms with Crippen LogP contribution in [-0.4, -0.2) is 46.8 Å². The average molecular weight is 262 g/mol. The highest BCUT2D eigenvalue weighted by Crippen LogP contribution is 2.13. The molecule has 0 aliphatic carbocycles. The molecule has 4 heteroatoms. The topological polar surface area (TPSA) is 69.9 Å². The van der Waals surface area contributed by atoms with Crippen LogP contribution in [0.3, 0.4) is 0 Å². The van der Waals surface area contributed by atoms with E-state index in [0.29, 0.717) is 0 Å². The van der Waals surface area contributed by atoms with Crippen LogP contribution in [0.15, 0.2) is 0 Å². The number of rotatable bonds is 12. The van der Waals surface area contributed by atoms with E-state index < -0.39 is 12.2 Å². The van der Waals surface area contributed by atoms with Crippen molar-refractivity contribution in [1.82, 2.24) is 0 Å². The van der Waals surface area contributed by atoms with Gasteiger partial charge in [-0.2, -0.15) is 0 Å². The Morgan fingerprint density at radius 2 is 1.61 bits per heavy atom. The number of hydrogen-bond donors (Lipinski definition) is 3. The van der Waals surface area contributed by atoms with Gasteiger partial charge >= 0.3 is 0 Å². The Labute approximate surface area is 111 Å². The predicted octanol–water partition coefficient (Wildman–Crippen LogP) is 1.86. The van der Waals surface area contributed by atoms with Crippen LogP contribution in [0.25, 0.3) is 0 Å². The van der Waals surface area contributed by atoms with E-state index in [2.05, 4.69) is 6.92 Å². The van der Waals surface area contributed by atoms with Crippen molar-refractivity contribution >= 4 is 0 Å². The summed E-state index contributed by atoms with van der Waals surface area (Å²) >= 11 is 0. The van der Waals surface area contributed by atoms with Crippen molar-refractivity contribution in [3.63, 3.8) is 0 Å². The highest BCUT2D eigenvalue weighted by atomic mass is 16.5. The third kappa shape index (κ3) is 9.83. The van der Waals surface area contributed by atoms with Crippen LogP contribution >= 0.6 is 0 Å². The number of unbranched alkanes of at least 4 members (excludes halogenated alkanes) is 5. The Hall–Kier alpha value is -0.160. The van der Waals surface area contributed by atoms with Crippen LogP contribution < -0.4 is 0 Å². The minimum atomic E-state index is -0.851. The number of aliphatic hydroxyl groups excluding tert-OH is 3. The zero-order valence-electron chi connectivity index (χ0n) is 11.8. The lowest BCUT2D eigenvalue weighted by Gasteiger charge is -2.21. The normalized spacial score (nSPS) is 16.5. The van der Waals surface area contributed by atoms with Gasteiger partial charge in [0.05, 0.1) is 25.4 Å². The summed E-state index contributed by atoms with van der Waals surface area (Å²) in [6.45, 7) is 3.68. The van der Waals surface area contributed by atoms with Gasteiger partial charge in [-0.15, -0.1) is 0 Å². The standard InChI is InChI=1S/C14H30O4/c1-3-4-5-6-7-8-9-14(12(2)16)18-11-13(17)10-15/h12-17H,3-11H2,1-2H3. The van der Waals surface area contributed by atoms with Crippen molar-refractivity contribution < 1.29 is 20.1 Å². The molecule has 0 aromatic rings. The molecule has 4 nitrogen and oxygen atoms in total. The second kappa shape index (κ2) is 11.9. The Morgan fingerprint density at radius 3 is 2.17 bits per heavy atom. The molecule has 3 N–H and O–H groups in total. The summed E-state index contributed by atoms with van der Waals surface area (Å²) in [7, 11) is 0. The third-order valence-electron chi connectivity index (χ3n) is 3.09. The lowest BCUT2D eigenvalue weighted by molar-refractivity contribution is -0.0735. The lowest BCUT2D eigenvalue weighted by Crippen LogP contribution is -2.31. The minimum absolute atomic E-state index is 0.0852. The van der Waals surface area contributed by atoms with E-state index in [9.17, 15) is 10.2 Å². The van der Waals surface area contributed by atoms with E-state index in [4.69, 9.17) is 9.84 Å². The van der Waals surface area contributed by atoms with Crippen molar-refractivity contribution in [2.75, 3.05) is 13.2 Å². The van der Waals surface area contributed by atoms with Gasteiger partial charge in [0.2, 0.25) is 0 Å². The fourth-order valence-corrected chi connectivity index (χ4v) is 1.88. The predicted molar refractivity (Wildman–Crippen MR) is 72.5 cm³/mol.